The largest absolute Gasteiger partial charge is 0.497 e. The monoisotopic (exact) mass is 369 g/mol. The van der Waals surface area contributed by atoms with Crippen LogP contribution >= 0.6 is 0 Å². The third-order valence-corrected chi connectivity index (χ3v) is 4.57. The van der Waals surface area contributed by atoms with E-state index >= 15 is 0 Å². The minimum Gasteiger partial charge on any atom is -0.497 e. The van der Waals surface area contributed by atoms with Gasteiger partial charge in [0.05, 0.1) is 19.8 Å². The number of aromatic nitrogens is 4. The van der Waals surface area contributed by atoms with Gasteiger partial charge < -0.3 is 19.3 Å². The van der Waals surface area contributed by atoms with Crippen LogP contribution < -0.4 is 10.1 Å². The summed E-state index contributed by atoms with van der Waals surface area (Å²) in [7, 11) is 1.65. The lowest BCUT2D eigenvalue weighted by atomic mass is 10.1. The Bertz CT molecular complexity index is 870. The Balaban J connectivity index is 1.33. The average Bonchev–Trinajstić information content (AvgIpc) is 3.38. The highest BCUT2D eigenvalue weighted by atomic mass is 16.5. The molecule has 1 fully saturated rings. The summed E-state index contributed by atoms with van der Waals surface area (Å²) in [5.74, 6) is 1.72. The van der Waals surface area contributed by atoms with E-state index in [0.717, 1.165) is 37.2 Å². The summed E-state index contributed by atoms with van der Waals surface area (Å²) in [5, 5.41) is 12.0. The molecule has 4 rings (SSSR count). The standard InChI is InChI=1S/C19H23N5O3/c1-25-16-6-2-4-14(10-16)12-26-13-18-21-19(27-23-18)17-7-9-24(22-17)15-5-3-8-20-11-15/h2,4,6-7,9-10,15,20H,3,5,8,11-13H2,1H3. The fourth-order valence-electron chi connectivity index (χ4n) is 3.15. The van der Waals surface area contributed by atoms with Crippen LogP contribution in [-0.4, -0.2) is 40.1 Å². The van der Waals surface area contributed by atoms with Crippen LogP contribution in [0.2, 0.25) is 0 Å². The van der Waals surface area contributed by atoms with Crippen molar-refractivity contribution in [2.75, 3.05) is 20.2 Å². The summed E-state index contributed by atoms with van der Waals surface area (Å²) < 4.78 is 18.2. The van der Waals surface area contributed by atoms with Crippen LogP contribution in [0, 0.1) is 0 Å². The molecule has 0 aliphatic carbocycles. The van der Waals surface area contributed by atoms with Crippen molar-refractivity contribution in [3.63, 3.8) is 0 Å². The van der Waals surface area contributed by atoms with Crippen molar-refractivity contribution in [1.82, 2.24) is 25.2 Å². The molecule has 0 radical (unpaired) electrons. The summed E-state index contributed by atoms with van der Waals surface area (Å²) in [6.07, 6.45) is 4.26. The van der Waals surface area contributed by atoms with Crippen molar-refractivity contribution in [2.45, 2.75) is 32.1 Å². The molecule has 1 aromatic carbocycles. The maximum atomic E-state index is 5.68. The van der Waals surface area contributed by atoms with E-state index in [4.69, 9.17) is 14.0 Å². The molecule has 0 spiro atoms. The molecule has 0 saturated carbocycles. The zero-order valence-electron chi connectivity index (χ0n) is 15.3. The minimum atomic E-state index is 0.272. The van der Waals surface area contributed by atoms with Crippen LogP contribution in [0.3, 0.4) is 0 Å². The first-order chi connectivity index (χ1) is 13.3. The van der Waals surface area contributed by atoms with E-state index in [2.05, 4.69) is 20.6 Å². The highest BCUT2D eigenvalue weighted by Gasteiger charge is 2.18. The van der Waals surface area contributed by atoms with Crippen molar-refractivity contribution in [3.8, 4) is 17.3 Å². The number of rotatable bonds is 7. The number of nitrogens with one attached hydrogen (secondary N) is 1. The summed E-state index contributed by atoms with van der Waals surface area (Å²) in [6.45, 7) is 2.74. The van der Waals surface area contributed by atoms with Crippen LogP contribution in [0.1, 0.15) is 30.3 Å². The molecule has 142 valence electrons. The molecule has 3 heterocycles. The molecule has 1 aliphatic heterocycles. The molecule has 1 saturated heterocycles. The predicted octanol–water partition coefficient (Wildman–Crippen LogP) is 2.58. The minimum absolute atomic E-state index is 0.272. The van der Waals surface area contributed by atoms with Gasteiger partial charge in [0.1, 0.15) is 12.4 Å². The first-order valence-corrected chi connectivity index (χ1v) is 9.11. The van der Waals surface area contributed by atoms with Gasteiger partial charge in [0.2, 0.25) is 0 Å². The molecule has 3 aromatic rings. The van der Waals surface area contributed by atoms with E-state index in [1.165, 1.54) is 0 Å². The lowest BCUT2D eigenvalue weighted by molar-refractivity contribution is 0.0998. The van der Waals surface area contributed by atoms with Gasteiger partial charge in [-0.3, -0.25) is 4.68 Å². The van der Waals surface area contributed by atoms with Crippen molar-refractivity contribution in [3.05, 3.63) is 47.9 Å². The molecule has 1 atom stereocenters. The van der Waals surface area contributed by atoms with Gasteiger partial charge in [-0.15, -0.1) is 0 Å². The van der Waals surface area contributed by atoms with Crippen LogP contribution in [0.15, 0.2) is 41.1 Å². The van der Waals surface area contributed by atoms with E-state index in [0.29, 0.717) is 30.1 Å². The molecular formula is C19H23N5O3. The molecule has 2 aromatic heterocycles. The van der Waals surface area contributed by atoms with Gasteiger partial charge in [0, 0.05) is 12.7 Å². The Hall–Kier alpha value is -2.71. The SMILES string of the molecule is COc1cccc(COCc2noc(-c3ccn(C4CCCNC4)n3)n2)c1. The van der Waals surface area contributed by atoms with Crippen LogP contribution in [0.25, 0.3) is 11.6 Å². The molecule has 27 heavy (non-hydrogen) atoms. The normalized spacial score (nSPS) is 17.1. The number of hydrogen-bond acceptors (Lipinski definition) is 7. The van der Waals surface area contributed by atoms with E-state index in [1.807, 2.05) is 41.2 Å². The molecule has 8 heteroatoms. The third kappa shape index (κ3) is 4.35. The summed E-state index contributed by atoms with van der Waals surface area (Å²) in [5.41, 5.74) is 1.71. The van der Waals surface area contributed by atoms with Crippen molar-refractivity contribution in [2.24, 2.45) is 0 Å². The van der Waals surface area contributed by atoms with Gasteiger partial charge >= 0.3 is 0 Å². The fourth-order valence-corrected chi connectivity index (χ4v) is 3.15. The maximum absolute atomic E-state index is 5.68. The molecule has 0 bridgehead atoms. The van der Waals surface area contributed by atoms with Crippen LogP contribution in [0.5, 0.6) is 5.75 Å². The lowest BCUT2D eigenvalue weighted by Gasteiger charge is -2.22. The average molecular weight is 369 g/mol. The Morgan fingerprint density at radius 2 is 2.26 bits per heavy atom. The number of nitrogens with zero attached hydrogens (tertiary/aromatic N) is 4. The Labute approximate surface area is 157 Å². The smallest absolute Gasteiger partial charge is 0.278 e. The number of methoxy groups -OCH3 is 1. The number of hydrogen-bond donors (Lipinski definition) is 1. The van der Waals surface area contributed by atoms with Gasteiger partial charge in [-0.25, -0.2) is 0 Å². The van der Waals surface area contributed by atoms with Crippen molar-refractivity contribution >= 4 is 0 Å². The van der Waals surface area contributed by atoms with Crippen LogP contribution in [0.4, 0.5) is 0 Å². The first-order valence-electron chi connectivity index (χ1n) is 9.11. The fraction of sp³-hybridized carbons (Fsp3) is 0.421. The molecule has 8 nitrogen and oxygen atoms in total. The highest BCUT2D eigenvalue weighted by Crippen LogP contribution is 2.20. The second-order valence-electron chi connectivity index (χ2n) is 6.54. The number of benzene rings is 1. The maximum Gasteiger partial charge on any atom is 0.278 e. The number of piperidine rings is 1. The first kappa shape index (κ1) is 17.7. The van der Waals surface area contributed by atoms with Gasteiger partial charge in [-0.05, 0) is 43.1 Å². The molecular weight excluding hydrogens is 346 g/mol. The number of ether oxygens (including phenoxy) is 2. The van der Waals surface area contributed by atoms with Crippen LogP contribution in [-0.2, 0) is 18.0 Å². The molecule has 0 amide bonds. The van der Waals surface area contributed by atoms with Gasteiger partial charge in [-0.1, -0.05) is 17.3 Å². The summed E-state index contributed by atoms with van der Waals surface area (Å²) >= 11 is 0. The summed E-state index contributed by atoms with van der Waals surface area (Å²) in [4.78, 5) is 4.38. The van der Waals surface area contributed by atoms with E-state index in [9.17, 15) is 0 Å². The molecule has 1 unspecified atom stereocenters. The summed E-state index contributed by atoms with van der Waals surface area (Å²) in [6, 6.07) is 10.0. The topological polar surface area (TPSA) is 87.2 Å². The van der Waals surface area contributed by atoms with E-state index < -0.39 is 0 Å². The van der Waals surface area contributed by atoms with Crippen molar-refractivity contribution < 1.29 is 14.0 Å². The molecule has 1 aliphatic rings. The Morgan fingerprint density at radius 3 is 3.11 bits per heavy atom. The Kier molecular flexibility index (Phi) is 5.45. The highest BCUT2D eigenvalue weighted by molar-refractivity contribution is 5.44. The predicted molar refractivity (Wildman–Crippen MR) is 98.1 cm³/mol. The Morgan fingerprint density at radius 1 is 1.30 bits per heavy atom. The van der Waals surface area contributed by atoms with E-state index in [1.54, 1.807) is 7.11 Å². The van der Waals surface area contributed by atoms with Gasteiger partial charge in [-0.2, -0.15) is 10.1 Å². The second kappa shape index (κ2) is 8.32. The third-order valence-electron chi connectivity index (χ3n) is 4.57. The molecule has 1 N–H and O–H groups in total. The lowest BCUT2D eigenvalue weighted by Crippen LogP contribution is -2.31. The zero-order chi connectivity index (χ0) is 18.5. The second-order valence-corrected chi connectivity index (χ2v) is 6.54. The van der Waals surface area contributed by atoms with Crippen molar-refractivity contribution in [1.29, 1.82) is 0 Å². The van der Waals surface area contributed by atoms with E-state index in [-0.39, 0.29) is 6.61 Å². The zero-order valence-corrected chi connectivity index (χ0v) is 15.3. The van der Waals surface area contributed by atoms with Gasteiger partial charge in [0.15, 0.2) is 11.5 Å². The quantitative estimate of drug-likeness (QED) is 0.685. The van der Waals surface area contributed by atoms with Gasteiger partial charge in [0.25, 0.3) is 5.89 Å².